The molecule has 1 rings (SSSR count). The summed E-state index contributed by atoms with van der Waals surface area (Å²) in [4.78, 5) is 0. The molecule has 17 heavy (non-hydrogen) atoms. The zero-order valence-corrected chi connectivity index (χ0v) is 12.1. The van der Waals surface area contributed by atoms with Gasteiger partial charge in [-0.1, -0.05) is 30.7 Å². The minimum absolute atomic E-state index is 0.245. The first-order valence-corrected chi connectivity index (χ1v) is 7.81. The molecular weight excluding hydrogens is 254 g/mol. The first kappa shape index (κ1) is 14.7. The Kier molecular flexibility index (Phi) is 6.17. The SMILES string of the molecule is CC(NCCC(C)S(C)=O)c1cccc(Cl)c1. The molecule has 1 N–H and O–H groups in total. The third-order valence-corrected chi connectivity index (χ3v) is 4.52. The third-order valence-electron chi connectivity index (χ3n) is 2.92. The number of hydrogen-bond acceptors (Lipinski definition) is 2. The molecule has 0 aliphatic heterocycles. The van der Waals surface area contributed by atoms with Crippen molar-refractivity contribution >= 4 is 22.4 Å². The van der Waals surface area contributed by atoms with E-state index in [1.54, 1.807) is 6.26 Å². The van der Waals surface area contributed by atoms with Gasteiger partial charge in [0.15, 0.2) is 0 Å². The van der Waals surface area contributed by atoms with Crippen molar-refractivity contribution < 1.29 is 4.21 Å². The fraction of sp³-hybridized carbons (Fsp3) is 0.538. The monoisotopic (exact) mass is 273 g/mol. The van der Waals surface area contributed by atoms with Crippen LogP contribution in [0.15, 0.2) is 24.3 Å². The summed E-state index contributed by atoms with van der Waals surface area (Å²) in [6, 6.07) is 8.14. The minimum Gasteiger partial charge on any atom is -0.310 e. The predicted octanol–water partition coefficient (Wildman–Crippen LogP) is 3.15. The fourth-order valence-corrected chi connectivity index (χ4v) is 2.21. The molecule has 0 spiro atoms. The lowest BCUT2D eigenvalue weighted by Crippen LogP contribution is -2.24. The maximum atomic E-state index is 11.2. The minimum atomic E-state index is -0.734. The smallest absolute Gasteiger partial charge is 0.0409 e. The van der Waals surface area contributed by atoms with Gasteiger partial charge in [0.1, 0.15) is 0 Å². The van der Waals surface area contributed by atoms with Crippen molar-refractivity contribution in [3.63, 3.8) is 0 Å². The highest BCUT2D eigenvalue weighted by atomic mass is 35.5. The Bertz CT molecular complexity index is 383. The summed E-state index contributed by atoms with van der Waals surface area (Å²) in [5, 5.41) is 4.43. The molecule has 2 nitrogen and oxygen atoms in total. The zero-order valence-electron chi connectivity index (χ0n) is 10.6. The Balaban J connectivity index is 2.40. The van der Waals surface area contributed by atoms with Crippen molar-refractivity contribution in [1.82, 2.24) is 5.32 Å². The second kappa shape index (κ2) is 7.14. The van der Waals surface area contributed by atoms with Crippen LogP contribution in [0.3, 0.4) is 0 Å². The van der Waals surface area contributed by atoms with Gasteiger partial charge in [0.2, 0.25) is 0 Å². The van der Waals surface area contributed by atoms with E-state index in [0.717, 1.165) is 18.0 Å². The first-order valence-electron chi connectivity index (χ1n) is 5.81. The number of nitrogens with one attached hydrogen (secondary N) is 1. The van der Waals surface area contributed by atoms with Gasteiger partial charge in [-0.25, -0.2) is 0 Å². The average Bonchev–Trinajstić information content (AvgIpc) is 2.28. The van der Waals surface area contributed by atoms with Crippen LogP contribution in [-0.4, -0.2) is 22.3 Å². The van der Waals surface area contributed by atoms with E-state index in [0.29, 0.717) is 0 Å². The quantitative estimate of drug-likeness (QED) is 0.863. The molecule has 0 radical (unpaired) electrons. The highest BCUT2D eigenvalue weighted by Crippen LogP contribution is 2.17. The van der Waals surface area contributed by atoms with Crippen molar-refractivity contribution in [1.29, 1.82) is 0 Å². The summed E-state index contributed by atoms with van der Waals surface area (Å²) in [7, 11) is -0.734. The molecule has 96 valence electrons. The van der Waals surface area contributed by atoms with Crippen LogP contribution < -0.4 is 5.32 Å². The van der Waals surface area contributed by atoms with Crippen LogP contribution in [-0.2, 0) is 10.8 Å². The molecular formula is C13H20ClNOS. The maximum absolute atomic E-state index is 11.2. The Hall–Kier alpha value is -0.380. The van der Waals surface area contributed by atoms with Crippen LogP contribution in [0.1, 0.15) is 31.9 Å². The highest BCUT2D eigenvalue weighted by molar-refractivity contribution is 7.84. The lowest BCUT2D eigenvalue weighted by atomic mass is 10.1. The van der Waals surface area contributed by atoms with E-state index in [2.05, 4.69) is 18.3 Å². The molecule has 3 atom stereocenters. The van der Waals surface area contributed by atoms with E-state index in [-0.39, 0.29) is 11.3 Å². The van der Waals surface area contributed by atoms with Crippen molar-refractivity contribution in [2.75, 3.05) is 12.8 Å². The summed E-state index contributed by atoms with van der Waals surface area (Å²) in [6.45, 7) is 5.00. The normalized spacial score (nSPS) is 16.5. The van der Waals surface area contributed by atoms with Gasteiger partial charge in [-0.15, -0.1) is 0 Å². The van der Waals surface area contributed by atoms with Crippen LogP contribution in [0, 0.1) is 0 Å². The molecule has 3 unspecified atom stereocenters. The van der Waals surface area contributed by atoms with Crippen molar-refractivity contribution in [2.24, 2.45) is 0 Å². The topological polar surface area (TPSA) is 29.1 Å². The average molecular weight is 274 g/mol. The molecule has 0 saturated carbocycles. The Morgan fingerprint density at radius 2 is 2.12 bits per heavy atom. The second-order valence-electron chi connectivity index (χ2n) is 4.33. The predicted molar refractivity (Wildman–Crippen MR) is 76.0 cm³/mol. The summed E-state index contributed by atoms with van der Waals surface area (Å²) < 4.78 is 11.2. The lowest BCUT2D eigenvalue weighted by Gasteiger charge is -2.16. The molecule has 0 saturated heterocycles. The molecule has 0 aliphatic rings. The van der Waals surface area contributed by atoms with E-state index < -0.39 is 10.8 Å². The van der Waals surface area contributed by atoms with Gasteiger partial charge in [0.05, 0.1) is 0 Å². The van der Waals surface area contributed by atoms with E-state index in [4.69, 9.17) is 11.6 Å². The summed E-state index contributed by atoms with van der Waals surface area (Å²) in [5.41, 5.74) is 1.18. The first-order chi connectivity index (χ1) is 8.00. The van der Waals surface area contributed by atoms with Crippen LogP contribution in [0.2, 0.25) is 5.02 Å². The van der Waals surface area contributed by atoms with Gasteiger partial charge in [-0.2, -0.15) is 0 Å². The lowest BCUT2D eigenvalue weighted by molar-refractivity contribution is 0.554. The number of rotatable bonds is 6. The molecule has 0 heterocycles. The van der Waals surface area contributed by atoms with E-state index in [1.165, 1.54) is 5.56 Å². The van der Waals surface area contributed by atoms with Gasteiger partial charge in [0.25, 0.3) is 0 Å². The summed E-state index contributed by atoms with van der Waals surface area (Å²) >= 11 is 5.95. The molecule has 4 heteroatoms. The van der Waals surface area contributed by atoms with Gasteiger partial charge < -0.3 is 5.32 Å². The second-order valence-corrected chi connectivity index (χ2v) is 6.57. The molecule has 0 fully saturated rings. The Morgan fingerprint density at radius 3 is 2.71 bits per heavy atom. The standard InChI is InChI=1S/C13H20ClNOS/c1-10(17(3)16)7-8-15-11(2)12-5-4-6-13(14)9-12/h4-6,9-11,15H,7-8H2,1-3H3. The van der Waals surface area contributed by atoms with Crippen LogP contribution in [0.4, 0.5) is 0 Å². The van der Waals surface area contributed by atoms with E-state index >= 15 is 0 Å². The summed E-state index contributed by atoms with van der Waals surface area (Å²) in [6.07, 6.45) is 2.68. The van der Waals surface area contributed by atoms with Crippen molar-refractivity contribution in [2.45, 2.75) is 31.6 Å². The van der Waals surface area contributed by atoms with Crippen molar-refractivity contribution in [3.05, 3.63) is 34.9 Å². The largest absolute Gasteiger partial charge is 0.310 e. The number of benzene rings is 1. The molecule has 1 aromatic carbocycles. The van der Waals surface area contributed by atoms with E-state index in [9.17, 15) is 4.21 Å². The Morgan fingerprint density at radius 1 is 1.41 bits per heavy atom. The van der Waals surface area contributed by atoms with Crippen LogP contribution in [0.5, 0.6) is 0 Å². The number of hydrogen-bond donors (Lipinski definition) is 1. The van der Waals surface area contributed by atoms with Crippen molar-refractivity contribution in [3.8, 4) is 0 Å². The highest BCUT2D eigenvalue weighted by Gasteiger charge is 2.08. The molecule has 0 aromatic heterocycles. The number of halogens is 1. The summed E-state index contributed by atoms with van der Waals surface area (Å²) in [5.74, 6) is 0. The van der Waals surface area contributed by atoms with Gasteiger partial charge >= 0.3 is 0 Å². The zero-order chi connectivity index (χ0) is 12.8. The molecule has 1 aromatic rings. The Labute approximate surface area is 111 Å². The molecule has 0 bridgehead atoms. The van der Waals surface area contributed by atoms with Gasteiger partial charge in [0, 0.05) is 33.4 Å². The van der Waals surface area contributed by atoms with Crippen LogP contribution >= 0.6 is 11.6 Å². The fourth-order valence-electron chi connectivity index (χ4n) is 1.56. The van der Waals surface area contributed by atoms with Gasteiger partial charge in [-0.05, 0) is 37.6 Å². The molecule has 0 amide bonds. The third kappa shape index (κ3) is 5.19. The van der Waals surface area contributed by atoms with Gasteiger partial charge in [-0.3, -0.25) is 4.21 Å². The van der Waals surface area contributed by atoms with Crippen LogP contribution in [0.25, 0.3) is 0 Å². The maximum Gasteiger partial charge on any atom is 0.0409 e. The van der Waals surface area contributed by atoms with E-state index in [1.807, 2.05) is 25.1 Å². The molecule has 0 aliphatic carbocycles.